The van der Waals surface area contributed by atoms with Crippen molar-refractivity contribution in [3.8, 4) is 0 Å². The van der Waals surface area contributed by atoms with E-state index in [1.165, 1.54) is 7.11 Å². The van der Waals surface area contributed by atoms with E-state index >= 15 is 0 Å². The lowest BCUT2D eigenvalue weighted by atomic mass is 9.43. The van der Waals surface area contributed by atoms with Gasteiger partial charge in [0.05, 0.1) is 31.0 Å². The second-order valence-corrected chi connectivity index (χ2v) is 19.1. The van der Waals surface area contributed by atoms with Crippen molar-refractivity contribution in [1.82, 2.24) is 0 Å². The molecule has 4 heterocycles. The highest BCUT2D eigenvalue weighted by Gasteiger charge is 2.69. The molecule has 23 atom stereocenters. The maximum atomic E-state index is 13.3. The molecule has 0 aromatic carbocycles. The van der Waals surface area contributed by atoms with Crippen LogP contribution in [0.5, 0.6) is 0 Å². The number of cyclic esters (lactones) is 1. The van der Waals surface area contributed by atoms with Crippen LogP contribution in [0.25, 0.3) is 0 Å². The first-order valence-electron chi connectivity index (χ1n) is 21.9. The van der Waals surface area contributed by atoms with Crippen LogP contribution < -0.4 is 0 Å². The highest BCUT2D eigenvalue weighted by Crippen LogP contribution is 2.69. The summed E-state index contributed by atoms with van der Waals surface area (Å²) in [6, 6.07) is 0. The molecule has 8 rings (SSSR count). The number of aliphatic hydroxyl groups is 9. The molecule has 0 aromatic rings. The first kappa shape index (κ1) is 45.8. The molecule has 7 fully saturated rings. The molecule has 8 aliphatic rings. The number of hydrogen-bond donors (Lipinski definition) is 9. The number of carbonyl (C=O) groups is 2. The van der Waals surface area contributed by atoms with E-state index in [1.807, 2.05) is 0 Å². The monoisotopic (exact) mass is 872 g/mol. The zero-order valence-corrected chi connectivity index (χ0v) is 34.8. The Bertz CT molecular complexity index is 1620. The molecule has 19 heteroatoms. The summed E-state index contributed by atoms with van der Waals surface area (Å²) in [5.41, 5.74) is -1.07. The molecule has 0 aromatic heterocycles. The molecule has 4 aliphatic carbocycles. The van der Waals surface area contributed by atoms with Crippen LogP contribution in [0.3, 0.4) is 0 Å². The zero-order valence-electron chi connectivity index (χ0n) is 34.8. The fourth-order valence-corrected chi connectivity index (χ4v) is 12.9. The zero-order chi connectivity index (χ0) is 43.8. The number of rotatable bonds is 11. The van der Waals surface area contributed by atoms with E-state index < -0.39 is 122 Å². The maximum absolute atomic E-state index is 13.3. The third-order valence-corrected chi connectivity index (χ3v) is 16.3. The van der Waals surface area contributed by atoms with Crippen molar-refractivity contribution in [2.45, 2.75) is 175 Å². The molecule has 3 saturated heterocycles. The molecular weight excluding hydrogens is 808 g/mol. The predicted octanol–water partition coefficient (Wildman–Crippen LogP) is -2.06. The molecule has 0 spiro atoms. The van der Waals surface area contributed by atoms with E-state index in [0.717, 1.165) is 44.0 Å². The van der Waals surface area contributed by atoms with E-state index in [2.05, 4.69) is 6.92 Å². The van der Waals surface area contributed by atoms with Gasteiger partial charge in [-0.2, -0.15) is 0 Å². The number of hydrogen-bond acceptors (Lipinski definition) is 19. The van der Waals surface area contributed by atoms with E-state index in [-0.39, 0.29) is 42.4 Å². The third kappa shape index (κ3) is 7.64. The maximum Gasteiger partial charge on any atom is 0.331 e. The Morgan fingerprint density at radius 3 is 2.13 bits per heavy atom. The minimum atomic E-state index is -1.79. The van der Waals surface area contributed by atoms with Crippen LogP contribution in [0.4, 0.5) is 0 Å². The summed E-state index contributed by atoms with van der Waals surface area (Å²) in [5.74, 6) is -0.343. The summed E-state index contributed by atoms with van der Waals surface area (Å²) in [6.45, 7) is 2.83. The van der Waals surface area contributed by atoms with Crippen LogP contribution in [0.1, 0.15) is 71.6 Å². The number of methoxy groups -OCH3 is 1. The van der Waals surface area contributed by atoms with Crippen molar-refractivity contribution in [2.75, 3.05) is 26.9 Å². The fourth-order valence-electron chi connectivity index (χ4n) is 12.9. The van der Waals surface area contributed by atoms with Gasteiger partial charge in [-0.1, -0.05) is 6.92 Å². The minimum absolute atomic E-state index is 0.000150. The van der Waals surface area contributed by atoms with Gasteiger partial charge in [0, 0.05) is 24.0 Å². The predicted molar refractivity (Wildman–Crippen MR) is 203 cm³/mol. The van der Waals surface area contributed by atoms with Gasteiger partial charge >= 0.3 is 5.97 Å². The number of fused-ring (bicyclic) bond motifs is 5. The quantitative estimate of drug-likeness (QED) is 0.0613. The molecule has 4 aliphatic heterocycles. The largest absolute Gasteiger partial charge is 0.458 e. The molecular formula is C42H64O19. The lowest BCUT2D eigenvalue weighted by Crippen LogP contribution is -2.65. The highest BCUT2D eigenvalue weighted by molar-refractivity contribution is 5.85. The topological polar surface area (TPSA) is 290 Å². The van der Waals surface area contributed by atoms with Gasteiger partial charge < -0.3 is 88.6 Å². The molecule has 0 amide bonds. The van der Waals surface area contributed by atoms with Crippen LogP contribution in [0.2, 0.25) is 0 Å². The molecule has 346 valence electrons. The lowest BCUT2D eigenvalue weighted by molar-refractivity contribution is -0.367. The van der Waals surface area contributed by atoms with Crippen molar-refractivity contribution >= 4 is 12.3 Å². The van der Waals surface area contributed by atoms with Crippen molar-refractivity contribution in [1.29, 1.82) is 0 Å². The minimum Gasteiger partial charge on any atom is -0.458 e. The van der Waals surface area contributed by atoms with Gasteiger partial charge in [0.1, 0.15) is 80.0 Å². The van der Waals surface area contributed by atoms with Gasteiger partial charge in [-0.15, -0.1) is 0 Å². The third-order valence-electron chi connectivity index (χ3n) is 16.3. The van der Waals surface area contributed by atoms with Crippen LogP contribution >= 0.6 is 0 Å². The summed E-state index contributed by atoms with van der Waals surface area (Å²) < 4.78 is 46.4. The van der Waals surface area contributed by atoms with Crippen molar-refractivity contribution < 1.29 is 93.4 Å². The number of esters is 1. The number of aliphatic hydroxyl groups excluding tert-OH is 8. The average Bonchev–Trinajstić information content (AvgIpc) is 3.80. The van der Waals surface area contributed by atoms with Gasteiger partial charge in [0.25, 0.3) is 0 Å². The normalized spacial score (nSPS) is 53.6. The Labute approximate surface area is 353 Å². The van der Waals surface area contributed by atoms with Crippen LogP contribution in [0, 0.1) is 34.5 Å². The van der Waals surface area contributed by atoms with Crippen molar-refractivity contribution in [3.63, 3.8) is 0 Å². The van der Waals surface area contributed by atoms with Gasteiger partial charge in [0.15, 0.2) is 18.9 Å². The Morgan fingerprint density at radius 1 is 0.770 bits per heavy atom. The van der Waals surface area contributed by atoms with E-state index in [0.29, 0.717) is 25.7 Å². The number of carbonyl (C=O) groups excluding carboxylic acids is 2. The van der Waals surface area contributed by atoms with Crippen molar-refractivity contribution in [2.24, 2.45) is 34.5 Å². The second kappa shape index (κ2) is 17.6. The van der Waals surface area contributed by atoms with E-state index in [9.17, 15) is 55.5 Å². The SMILES string of the molecule is CO[C@H]1[C@H](O)[C@@H](O[C@H]2CC[C@@]3(C=O)[C@@H](CC[C@@H]4[C@@H]3CC[C@]3(C)[C@H](C5=CC(=O)OC5)CC[C@]43O)C2)O[C@@H](C)[C@@H]1O[C@H]1O[C@@H](CO[C@H]2O[C@@H](CO)[C@H](O)[C@@H](O)[C@@H]2O)[C@H](O)[C@@H](O)[C@@H]1O. The van der Waals surface area contributed by atoms with Gasteiger partial charge in [-0.05, 0) is 94.0 Å². The second-order valence-electron chi connectivity index (χ2n) is 19.1. The average molecular weight is 873 g/mol. The lowest BCUT2D eigenvalue weighted by Gasteiger charge is -2.63. The molecule has 61 heavy (non-hydrogen) atoms. The molecule has 4 saturated carbocycles. The summed E-state index contributed by atoms with van der Waals surface area (Å²) in [6.07, 6.45) is -13.2. The van der Waals surface area contributed by atoms with Crippen molar-refractivity contribution in [3.05, 3.63) is 11.6 Å². The first-order valence-corrected chi connectivity index (χ1v) is 21.9. The Balaban J connectivity index is 0.887. The summed E-state index contributed by atoms with van der Waals surface area (Å²) in [7, 11) is 1.36. The van der Waals surface area contributed by atoms with Crippen LogP contribution in [0.15, 0.2) is 11.6 Å². The standard InChI is InChI=1S/C42H64O19/c1-18-35(61-38-33(51)31(49)29(47)26(60-38)16-56-37-32(50)30(48)28(46)25(14-43)59-37)36(54-3)34(52)39(57-18)58-21-6-10-41(17-44)20(13-21)4-5-24-23(41)7-9-40(2)22(8-11-42(24,40)53)19-12-27(45)55-15-19/h12,17-18,20-26,28-39,43,46-53H,4-11,13-16H2,1-3H3/t18-,20-,21-,22-,23-,24+,25-,26-,28-,29-,30+,31+,32-,33-,34-,35-,36-,37-,38+,39+,40+,41+,42-/m0/s1. The van der Waals surface area contributed by atoms with Gasteiger partial charge in [-0.3, -0.25) is 0 Å². The van der Waals surface area contributed by atoms with Crippen LogP contribution in [-0.2, 0) is 47.5 Å². The molecule has 0 radical (unpaired) electrons. The number of aldehydes is 1. The Kier molecular flexibility index (Phi) is 13.2. The summed E-state index contributed by atoms with van der Waals surface area (Å²) in [4.78, 5) is 25.3. The van der Waals surface area contributed by atoms with Crippen LogP contribution in [-0.4, -0.2) is 189 Å². The fraction of sp³-hybridized carbons (Fsp3) is 0.905. The first-order chi connectivity index (χ1) is 29.0. The molecule has 0 unspecified atom stereocenters. The molecule has 19 nitrogen and oxygen atoms in total. The highest BCUT2D eigenvalue weighted by atomic mass is 16.8. The Morgan fingerprint density at radius 2 is 1.46 bits per heavy atom. The smallest absolute Gasteiger partial charge is 0.331 e. The van der Waals surface area contributed by atoms with Gasteiger partial charge in [0.2, 0.25) is 0 Å². The van der Waals surface area contributed by atoms with E-state index in [1.54, 1.807) is 13.0 Å². The molecule has 0 bridgehead atoms. The summed E-state index contributed by atoms with van der Waals surface area (Å²) in [5, 5.41) is 96.6. The van der Waals surface area contributed by atoms with E-state index in [4.69, 9.17) is 37.9 Å². The number of ether oxygens (including phenoxy) is 8. The molecule has 9 N–H and O–H groups in total. The Hall–Kier alpha value is -1.76. The summed E-state index contributed by atoms with van der Waals surface area (Å²) >= 11 is 0. The van der Waals surface area contributed by atoms with Gasteiger partial charge in [-0.25, -0.2) is 4.79 Å².